The number of alkyl halides is 2. The summed E-state index contributed by atoms with van der Waals surface area (Å²) in [6.07, 6.45) is -2.70. The lowest BCUT2D eigenvalue weighted by Gasteiger charge is -2.04. The van der Waals surface area contributed by atoms with Gasteiger partial charge in [0, 0.05) is 6.07 Å². The van der Waals surface area contributed by atoms with Gasteiger partial charge in [-0.1, -0.05) is 0 Å². The summed E-state index contributed by atoms with van der Waals surface area (Å²) < 4.78 is 24.5. The van der Waals surface area contributed by atoms with Crippen LogP contribution in [0.1, 0.15) is 12.1 Å². The first kappa shape index (κ1) is 9.43. The molecule has 3 N–H and O–H groups in total. The fourth-order valence-corrected chi connectivity index (χ4v) is 1.26. The highest BCUT2D eigenvalue weighted by molar-refractivity contribution is 14.1. The van der Waals surface area contributed by atoms with Crippen molar-refractivity contribution in [3.05, 3.63) is 25.7 Å². The summed E-state index contributed by atoms with van der Waals surface area (Å²) in [6.45, 7) is 0. The van der Waals surface area contributed by atoms with Crippen LogP contribution < -0.4 is 11.3 Å². The van der Waals surface area contributed by atoms with E-state index in [4.69, 9.17) is 5.73 Å². The molecule has 1 aromatic rings. The summed E-state index contributed by atoms with van der Waals surface area (Å²) in [4.78, 5) is 12.7. The molecule has 0 unspecified atom stereocenters. The van der Waals surface area contributed by atoms with E-state index in [-0.39, 0.29) is 9.26 Å². The molecule has 1 aromatic heterocycles. The van der Waals surface area contributed by atoms with Gasteiger partial charge in [0.25, 0.3) is 6.43 Å². The van der Waals surface area contributed by atoms with Gasteiger partial charge >= 0.3 is 0 Å². The molecular formula is C6H5F2IN2O. The average Bonchev–Trinajstić information content (AvgIpc) is 1.96. The summed E-state index contributed by atoms with van der Waals surface area (Å²) in [5, 5.41) is 0. The van der Waals surface area contributed by atoms with Crippen molar-refractivity contribution >= 4 is 28.3 Å². The molecule has 1 heterocycles. The zero-order chi connectivity index (χ0) is 9.30. The lowest BCUT2D eigenvalue weighted by molar-refractivity contribution is 0.145. The Balaban J connectivity index is 3.38. The Hall–Kier alpha value is -0.660. The summed E-state index contributed by atoms with van der Waals surface area (Å²) in [7, 11) is 0. The SMILES string of the molecule is Nc1cc(=O)[nH]c(C(F)F)c1I. The predicted molar refractivity (Wildman–Crippen MR) is 49.1 cm³/mol. The van der Waals surface area contributed by atoms with Gasteiger partial charge in [0.1, 0.15) is 5.69 Å². The maximum atomic E-state index is 12.2. The molecule has 0 aliphatic carbocycles. The molecule has 12 heavy (non-hydrogen) atoms. The second kappa shape index (κ2) is 3.38. The molecule has 0 aliphatic rings. The standard InChI is InChI=1S/C6H5F2IN2O/c7-6(8)5-4(9)2(10)1-3(12)11-5/h1,6H,(H3,10,11,12). The molecule has 0 aromatic carbocycles. The molecular weight excluding hydrogens is 281 g/mol. The fraction of sp³-hybridized carbons (Fsp3) is 0.167. The predicted octanol–water partition coefficient (Wildman–Crippen LogP) is 1.50. The Labute approximate surface area is 80.1 Å². The average molecular weight is 286 g/mol. The van der Waals surface area contributed by atoms with E-state index in [1.165, 1.54) is 0 Å². The van der Waals surface area contributed by atoms with Crippen molar-refractivity contribution in [3.63, 3.8) is 0 Å². The van der Waals surface area contributed by atoms with Gasteiger partial charge < -0.3 is 10.7 Å². The largest absolute Gasteiger partial charge is 0.398 e. The molecule has 3 nitrogen and oxygen atoms in total. The van der Waals surface area contributed by atoms with Gasteiger partial charge in [-0.05, 0) is 22.6 Å². The van der Waals surface area contributed by atoms with Crippen molar-refractivity contribution in [1.82, 2.24) is 4.98 Å². The molecule has 66 valence electrons. The van der Waals surface area contributed by atoms with Crippen molar-refractivity contribution in [2.24, 2.45) is 0 Å². The van der Waals surface area contributed by atoms with Crippen LogP contribution in [0.15, 0.2) is 10.9 Å². The van der Waals surface area contributed by atoms with Gasteiger partial charge in [0.05, 0.1) is 9.26 Å². The number of pyridine rings is 1. The van der Waals surface area contributed by atoms with Gasteiger partial charge in [-0.3, -0.25) is 4.79 Å². The fourth-order valence-electron chi connectivity index (χ4n) is 0.734. The van der Waals surface area contributed by atoms with E-state index in [9.17, 15) is 13.6 Å². The van der Waals surface area contributed by atoms with E-state index >= 15 is 0 Å². The minimum Gasteiger partial charge on any atom is -0.398 e. The molecule has 0 amide bonds. The van der Waals surface area contributed by atoms with E-state index in [0.29, 0.717) is 0 Å². The Morgan fingerprint density at radius 2 is 2.17 bits per heavy atom. The quantitative estimate of drug-likeness (QED) is 0.769. The second-order valence-corrected chi connectivity index (χ2v) is 3.20. The molecule has 6 heteroatoms. The normalized spacial score (nSPS) is 10.7. The van der Waals surface area contributed by atoms with Crippen molar-refractivity contribution in [3.8, 4) is 0 Å². The summed E-state index contributed by atoms with van der Waals surface area (Å²) >= 11 is 1.66. The molecule has 0 atom stereocenters. The Bertz CT molecular complexity index is 350. The number of anilines is 1. The number of nitrogens with one attached hydrogen (secondary N) is 1. The first-order chi connectivity index (χ1) is 5.52. The number of nitrogens with two attached hydrogens (primary N) is 1. The number of H-pyrrole nitrogens is 1. The zero-order valence-electron chi connectivity index (χ0n) is 5.77. The number of aromatic amines is 1. The number of hydrogen-bond acceptors (Lipinski definition) is 2. The van der Waals surface area contributed by atoms with E-state index in [0.717, 1.165) is 6.07 Å². The Kier molecular flexibility index (Phi) is 2.65. The van der Waals surface area contributed by atoms with Crippen LogP contribution in [0.2, 0.25) is 0 Å². The third-order valence-corrected chi connectivity index (χ3v) is 2.46. The zero-order valence-corrected chi connectivity index (χ0v) is 7.93. The highest BCUT2D eigenvalue weighted by atomic mass is 127. The van der Waals surface area contributed by atoms with Gasteiger partial charge in [0.15, 0.2) is 0 Å². The molecule has 0 aliphatic heterocycles. The van der Waals surface area contributed by atoms with E-state index < -0.39 is 17.7 Å². The minimum absolute atomic E-state index is 0.0784. The van der Waals surface area contributed by atoms with Crippen LogP contribution in [0.4, 0.5) is 14.5 Å². The molecule has 0 saturated heterocycles. The number of hydrogen-bond donors (Lipinski definition) is 2. The van der Waals surface area contributed by atoms with Crippen LogP contribution in [0, 0.1) is 3.57 Å². The molecule has 0 spiro atoms. The van der Waals surface area contributed by atoms with E-state index in [1.54, 1.807) is 22.6 Å². The third-order valence-electron chi connectivity index (χ3n) is 1.25. The van der Waals surface area contributed by atoms with E-state index in [1.807, 2.05) is 4.98 Å². The van der Waals surface area contributed by atoms with Gasteiger partial charge in [-0.25, -0.2) is 8.78 Å². The van der Waals surface area contributed by atoms with Gasteiger partial charge in [-0.2, -0.15) is 0 Å². The van der Waals surface area contributed by atoms with Crippen LogP contribution in [0.5, 0.6) is 0 Å². The highest BCUT2D eigenvalue weighted by Gasteiger charge is 2.14. The Morgan fingerprint density at radius 3 is 2.67 bits per heavy atom. The van der Waals surface area contributed by atoms with Crippen molar-refractivity contribution < 1.29 is 8.78 Å². The number of aromatic nitrogens is 1. The second-order valence-electron chi connectivity index (χ2n) is 2.12. The number of halogens is 3. The number of rotatable bonds is 1. The minimum atomic E-state index is -2.70. The first-order valence-electron chi connectivity index (χ1n) is 2.98. The molecule has 0 fully saturated rings. The summed E-state index contributed by atoms with van der Waals surface area (Å²) in [5.41, 5.74) is 4.35. The smallest absolute Gasteiger partial charge is 0.279 e. The van der Waals surface area contributed by atoms with Gasteiger partial charge in [0.2, 0.25) is 5.56 Å². The third kappa shape index (κ3) is 1.74. The lowest BCUT2D eigenvalue weighted by Crippen LogP contribution is -2.12. The van der Waals surface area contributed by atoms with Crippen LogP contribution in [-0.4, -0.2) is 4.98 Å². The summed E-state index contributed by atoms with van der Waals surface area (Å²) in [5.74, 6) is 0. The molecule has 0 bridgehead atoms. The lowest BCUT2D eigenvalue weighted by atomic mass is 10.3. The van der Waals surface area contributed by atoms with E-state index in [2.05, 4.69) is 0 Å². The topological polar surface area (TPSA) is 58.9 Å². The molecule has 0 radical (unpaired) electrons. The number of nitrogen functional groups attached to an aromatic ring is 1. The van der Waals surface area contributed by atoms with Crippen molar-refractivity contribution in [1.29, 1.82) is 0 Å². The monoisotopic (exact) mass is 286 g/mol. The van der Waals surface area contributed by atoms with Crippen LogP contribution >= 0.6 is 22.6 Å². The molecule has 1 rings (SSSR count). The maximum absolute atomic E-state index is 12.2. The van der Waals surface area contributed by atoms with Crippen LogP contribution in [0.3, 0.4) is 0 Å². The molecule has 0 saturated carbocycles. The van der Waals surface area contributed by atoms with Crippen molar-refractivity contribution in [2.45, 2.75) is 6.43 Å². The maximum Gasteiger partial charge on any atom is 0.279 e. The highest BCUT2D eigenvalue weighted by Crippen LogP contribution is 2.24. The van der Waals surface area contributed by atoms with Crippen LogP contribution in [0.25, 0.3) is 0 Å². The van der Waals surface area contributed by atoms with Gasteiger partial charge in [-0.15, -0.1) is 0 Å². The van der Waals surface area contributed by atoms with Crippen LogP contribution in [-0.2, 0) is 0 Å². The summed E-state index contributed by atoms with van der Waals surface area (Å²) in [6, 6.07) is 1.08. The first-order valence-corrected chi connectivity index (χ1v) is 4.06. The Morgan fingerprint density at radius 1 is 1.58 bits per heavy atom. The van der Waals surface area contributed by atoms with Crippen molar-refractivity contribution in [2.75, 3.05) is 5.73 Å².